The number of benzene rings is 2. The zero-order valence-corrected chi connectivity index (χ0v) is 13.5. The van der Waals surface area contributed by atoms with E-state index >= 15 is 0 Å². The van der Waals surface area contributed by atoms with Crippen molar-refractivity contribution in [1.82, 2.24) is 10.2 Å². The maximum Gasteiger partial charge on any atom is 0.255 e. The minimum absolute atomic E-state index is 0.114. The van der Waals surface area contributed by atoms with E-state index < -0.39 is 0 Å². The first-order chi connectivity index (χ1) is 11.3. The number of nitrogens with one attached hydrogen (secondary N) is 2. The van der Waals surface area contributed by atoms with Crippen LogP contribution in [0.4, 0.5) is 11.4 Å². The molecular formula is C19H23N3O. The average molecular weight is 309 g/mol. The van der Waals surface area contributed by atoms with Gasteiger partial charge in [-0.05, 0) is 50.2 Å². The van der Waals surface area contributed by atoms with Crippen LogP contribution in [0, 0.1) is 5.92 Å². The zero-order chi connectivity index (χ0) is 16.1. The van der Waals surface area contributed by atoms with Gasteiger partial charge in [0.2, 0.25) is 0 Å². The molecule has 1 aliphatic rings. The van der Waals surface area contributed by atoms with Gasteiger partial charge in [0.1, 0.15) is 0 Å². The van der Waals surface area contributed by atoms with Crippen LogP contribution in [0.3, 0.4) is 0 Å². The Labute approximate surface area is 137 Å². The van der Waals surface area contributed by atoms with E-state index in [0.717, 1.165) is 43.0 Å². The number of rotatable bonds is 5. The number of hydrogen-bond donors (Lipinski definition) is 2. The van der Waals surface area contributed by atoms with E-state index in [-0.39, 0.29) is 5.91 Å². The number of hydrogen-bond acceptors (Lipinski definition) is 3. The number of nitrogens with zero attached hydrogens (tertiary/aromatic N) is 1. The third-order valence-corrected chi connectivity index (χ3v) is 4.28. The fourth-order valence-electron chi connectivity index (χ4n) is 3.10. The first-order valence-corrected chi connectivity index (χ1v) is 8.13. The fourth-order valence-corrected chi connectivity index (χ4v) is 3.10. The molecule has 23 heavy (non-hydrogen) atoms. The van der Waals surface area contributed by atoms with Gasteiger partial charge in [0, 0.05) is 18.8 Å². The summed E-state index contributed by atoms with van der Waals surface area (Å²) in [6.07, 6.45) is 1.07. The lowest BCUT2D eigenvalue weighted by atomic mass is 10.1. The summed E-state index contributed by atoms with van der Waals surface area (Å²) in [7, 11) is 1.96. The quantitative estimate of drug-likeness (QED) is 0.892. The lowest BCUT2D eigenvalue weighted by Gasteiger charge is -2.19. The molecule has 120 valence electrons. The highest BCUT2D eigenvalue weighted by atomic mass is 16.2. The highest BCUT2D eigenvalue weighted by molar-refractivity contribution is 6.00. The maximum absolute atomic E-state index is 12.9. The molecule has 4 nitrogen and oxygen atoms in total. The van der Waals surface area contributed by atoms with Crippen LogP contribution in [0.1, 0.15) is 16.8 Å². The highest BCUT2D eigenvalue weighted by Crippen LogP contribution is 2.24. The molecule has 1 atom stereocenters. The van der Waals surface area contributed by atoms with Gasteiger partial charge in [-0.15, -0.1) is 0 Å². The molecular weight excluding hydrogens is 286 g/mol. The molecule has 1 aliphatic heterocycles. The lowest BCUT2D eigenvalue weighted by molar-refractivity contribution is 0.0788. The summed E-state index contributed by atoms with van der Waals surface area (Å²) in [5.41, 5.74) is 2.59. The van der Waals surface area contributed by atoms with Gasteiger partial charge in [0.25, 0.3) is 5.91 Å². The Balaban J connectivity index is 1.76. The highest BCUT2D eigenvalue weighted by Gasteiger charge is 2.27. The molecule has 2 aromatic carbocycles. The van der Waals surface area contributed by atoms with Crippen LogP contribution in [0.5, 0.6) is 0 Å². The molecule has 4 heteroatoms. The van der Waals surface area contributed by atoms with E-state index in [0.29, 0.717) is 5.92 Å². The van der Waals surface area contributed by atoms with Crippen LogP contribution in [-0.4, -0.2) is 37.5 Å². The summed E-state index contributed by atoms with van der Waals surface area (Å²) in [6, 6.07) is 17.7. The van der Waals surface area contributed by atoms with Gasteiger partial charge in [-0.3, -0.25) is 4.79 Å². The van der Waals surface area contributed by atoms with E-state index in [4.69, 9.17) is 0 Å². The van der Waals surface area contributed by atoms with Crippen molar-refractivity contribution in [1.29, 1.82) is 0 Å². The smallest absolute Gasteiger partial charge is 0.255 e. The number of carbonyl (C=O) groups excluding carboxylic acids is 1. The topological polar surface area (TPSA) is 44.4 Å². The third kappa shape index (κ3) is 3.71. The second-order valence-electron chi connectivity index (χ2n) is 6.00. The first-order valence-electron chi connectivity index (χ1n) is 8.13. The number of amides is 1. The van der Waals surface area contributed by atoms with Crippen molar-refractivity contribution in [3.05, 3.63) is 60.2 Å². The number of para-hydroxylation sites is 2. The molecule has 2 N–H and O–H groups in total. The molecule has 0 saturated carbocycles. The Morgan fingerprint density at radius 1 is 1.13 bits per heavy atom. The van der Waals surface area contributed by atoms with Crippen LogP contribution in [-0.2, 0) is 0 Å². The summed E-state index contributed by atoms with van der Waals surface area (Å²) in [6.45, 7) is 2.64. The van der Waals surface area contributed by atoms with Gasteiger partial charge < -0.3 is 15.5 Å². The first kappa shape index (κ1) is 15.6. The van der Waals surface area contributed by atoms with Crippen LogP contribution in [0.15, 0.2) is 54.6 Å². The summed E-state index contributed by atoms with van der Waals surface area (Å²) in [5.74, 6) is 0.667. The van der Waals surface area contributed by atoms with Gasteiger partial charge in [-0.2, -0.15) is 0 Å². The summed E-state index contributed by atoms with van der Waals surface area (Å²) >= 11 is 0. The van der Waals surface area contributed by atoms with Crippen molar-refractivity contribution in [2.24, 2.45) is 5.92 Å². The Hall–Kier alpha value is -2.33. The zero-order valence-electron chi connectivity index (χ0n) is 13.5. The van der Waals surface area contributed by atoms with E-state index in [9.17, 15) is 4.79 Å². The third-order valence-electron chi connectivity index (χ3n) is 4.28. The molecule has 0 radical (unpaired) electrons. The molecule has 2 aromatic rings. The van der Waals surface area contributed by atoms with Crippen molar-refractivity contribution in [3.63, 3.8) is 0 Å². The lowest BCUT2D eigenvalue weighted by Crippen LogP contribution is -2.30. The molecule has 0 aliphatic carbocycles. The Morgan fingerprint density at radius 2 is 1.87 bits per heavy atom. The summed E-state index contributed by atoms with van der Waals surface area (Å²) in [4.78, 5) is 14.8. The van der Waals surface area contributed by atoms with Crippen molar-refractivity contribution in [2.75, 3.05) is 32.0 Å². The summed E-state index contributed by atoms with van der Waals surface area (Å²) in [5, 5.41) is 6.56. The van der Waals surface area contributed by atoms with Crippen LogP contribution in [0.25, 0.3) is 0 Å². The van der Waals surface area contributed by atoms with E-state index in [1.54, 1.807) is 0 Å². The van der Waals surface area contributed by atoms with Gasteiger partial charge in [-0.1, -0.05) is 30.3 Å². The van der Waals surface area contributed by atoms with Gasteiger partial charge >= 0.3 is 0 Å². The van der Waals surface area contributed by atoms with Gasteiger partial charge in [-0.25, -0.2) is 0 Å². The summed E-state index contributed by atoms with van der Waals surface area (Å²) < 4.78 is 0. The second kappa shape index (κ2) is 7.29. The monoisotopic (exact) mass is 309 g/mol. The maximum atomic E-state index is 12.9. The Kier molecular flexibility index (Phi) is 4.93. The van der Waals surface area contributed by atoms with E-state index in [1.165, 1.54) is 0 Å². The van der Waals surface area contributed by atoms with E-state index in [2.05, 4.69) is 10.6 Å². The molecule has 1 fully saturated rings. The minimum Gasteiger partial charge on any atom is -0.355 e. The number of likely N-dealkylation sites (tertiary alicyclic amines) is 1. The van der Waals surface area contributed by atoms with Crippen molar-refractivity contribution in [2.45, 2.75) is 6.42 Å². The molecule has 3 rings (SSSR count). The normalized spacial score (nSPS) is 17.3. The predicted molar refractivity (Wildman–Crippen MR) is 94.1 cm³/mol. The van der Waals surface area contributed by atoms with E-state index in [1.807, 2.05) is 66.5 Å². The number of carbonyl (C=O) groups is 1. The molecule has 1 unspecified atom stereocenters. The standard InChI is InChI=1S/C19H23N3O/c1-20-13-15-11-12-22(14-15)19(23)17-9-5-6-10-18(17)21-16-7-3-2-4-8-16/h2-10,15,20-21H,11-14H2,1H3. The van der Waals surface area contributed by atoms with Crippen molar-refractivity contribution >= 4 is 17.3 Å². The SMILES string of the molecule is CNCC1CCN(C(=O)c2ccccc2Nc2ccccc2)C1. The molecule has 0 aromatic heterocycles. The second-order valence-corrected chi connectivity index (χ2v) is 6.00. The number of anilines is 2. The minimum atomic E-state index is 0.114. The molecule has 0 bridgehead atoms. The Morgan fingerprint density at radius 3 is 2.65 bits per heavy atom. The van der Waals surface area contributed by atoms with Crippen LogP contribution >= 0.6 is 0 Å². The van der Waals surface area contributed by atoms with Gasteiger partial charge in [0.15, 0.2) is 0 Å². The van der Waals surface area contributed by atoms with Crippen LogP contribution < -0.4 is 10.6 Å². The molecule has 0 spiro atoms. The Bertz CT molecular complexity index is 657. The molecule has 1 amide bonds. The fraction of sp³-hybridized carbons (Fsp3) is 0.316. The largest absolute Gasteiger partial charge is 0.355 e. The van der Waals surface area contributed by atoms with Crippen molar-refractivity contribution < 1.29 is 4.79 Å². The molecule has 1 heterocycles. The van der Waals surface area contributed by atoms with Crippen LogP contribution in [0.2, 0.25) is 0 Å². The van der Waals surface area contributed by atoms with Crippen molar-refractivity contribution in [3.8, 4) is 0 Å². The van der Waals surface area contributed by atoms with Gasteiger partial charge in [0.05, 0.1) is 11.3 Å². The predicted octanol–water partition coefficient (Wildman–Crippen LogP) is 3.11. The average Bonchev–Trinajstić information content (AvgIpc) is 3.05. The molecule has 1 saturated heterocycles.